The number of carbonyl (C=O) groups excluding carboxylic acids is 1. The first-order valence-electron chi connectivity index (χ1n) is 7.31. The van der Waals surface area contributed by atoms with E-state index in [0.29, 0.717) is 36.8 Å². The minimum Gasteiger partial charge on any atom is -0.466 e. The summed E-state index contributed by atoms with van der Waals surface area (Å²) in [6.07, 6.45) is 1.36. The van der Waals surface area contributed by atoms with Gasteiger partial charge in [0, 0.05) is 50.2 Å². The summed E-state index contributed by atoms with van der Waals surface area (Å²) < 4.78 is 26.8. The van der Waals surface area contributed by atoms with E-state index < -0.39 is 5.79 Å². The van der Waals surface area contributed by atoms with Crippen LogP contribution >= 0.6 is 23.3 Å². The van der Waals surface area contributed by atoms with Crippen molar-refractivity contribution in [2.75, 3.05) is 40.5 Å². The molecular formula is C13H19N3O5S2. The summed E-state index contributed by atoms with van der Waals surface area (Å²) in [6, 6.07) is 0. The molecular weight excluding hydrogens is 342 g/mol. The summed E-state index contributed by atoms with van der Waals surface area (Å²) in [7, 11) is 3.37. The van der Waals surface area contributed by atoms with Gasteiger partial charge in [0.05, 0.1) is 19.8 Å². The highest BCUT2D eigenvalue weighted by molar-refractivity contribution is 8.13. The van der Waals surface area contributed by atoms with Crippen LogP contribution in [0.4, 0.5) is 4.79 Å². The van der Waals surface area contributed by atoms with E-state index in [1.165, 1.54) is 4.90 Å². The van der Waals surface area contributed by atoms with Crippen LogP contribution in [-0.4, -0.2) is 71.9 Å². The molecule has 3 rings (SSSR count). The number of aromatic nitrogens is 2. The van der Waals surface area contributed by atoms with Crippen molar-refractivity contribution in [1.82, 2.24) is 14.3 Å². The molecule has 0 saturated carbocycles. The normalized spacial score (nSPS) is 23.1. The number of rotatable bonds is 4. The maximum absolute atomic E-state index is 11.6. The lowest BCUT2D eigenvalue weighted by Gasteiger charge is -2.31. The predicted molar refractivity (Wildman–Crippen MR) is 84.0 cm³/mol. The van der Waals surface area contributed by atoms with E-state index >= 15 is 0 Å². The first-order chi connectivity index (χ1) is 11.1. The van der Waals surface area contributed by atoms with Gasteiger partial charge in [-0.2, -0.15) is 9.36 Å². The van der Waals surface area contributed by atoms with Gasteiger partial charge in [0.15, 0.2) is 5.79 Å². The molecule has 0 N–H and O–H groups in total. The Labute approximate surface area is 142 Å². The molecule has 23 heavy (non-hydrogen) atoms. The molecule has 1 aromatic rings. The summed E-state index contributed by atoms with van der Waals surface area (Å²) >= 11 is 2.10. The molecule has 1 atom stereocenters. The van der Waals surface area contributed by atoms with E-state index in [0.717, 1.165) is 36.1 Å². The zero-order chi connectivity index (χ0) is 16.3. The van der Waals surface area contributed by atoms with Gasteiger partial charge in [-0.05, 0) is 0 Å². The maximum Gasteiger partial charge on any atom is 0.294 e. The Morgan fingerprint density at radius 2 is 2.26 bits per heavy atom. The fraction of sp³-hybridized carbons (Fsp3) is 0.769. The Kier molecular flexibility index (Phi) is 5.37. The van der Waals surface area contributed by atoms with Crippen LogP contribution in [-0.2, 0) is 14.2 Å². The lowest BCUT2D eigenvalue weighted by molar-refractivity contribution is -0.212. The molecule has 2 aliphatic rings. The second kappa shape index (κ2) is 7.31. The number of carbonyl (C=O) groups is 1. The largest absolute Gasteiger partial charge is 0.466 e. The van der Waals surface area contributed by atoms with Crippen molar-refractivity contribution < 1.29 is 23.7 Å². The van der Waals surface area contributed by atoms with Crippen molar-refractivity contribution in [2.24, 2.45) is 0 Å². The van der Waals surface area contributed by atoms with Gasteiger partial charge < -0.3 is 23.8 Å². The predicted octanol–water partition coefficient (Wildman–Crippen LogP) is 1.61. The Balaban J connectivity index is 1.46. The monoisotopic (exact) mass is 361 g/mol. The first kappa shape index (κ1) is 16.9. The van der Waals surface area contributed by atoms with E-state index in [9.17, 15) is 4.79 Å². The van der Waals surface area contributed by atoms with E-state index in [1.54, 1.807) is 14.1 Å². The van der Waals surface area contributed by atoms with Crippen molar-refractivity contribution in [3.8, 4) is 5.19 Å². The minimum atomic E-state index is -0.507. The van der Waals surface area contributed by atoms with Crippen LogP contribution in [0.25, 0.3) is 0 Å². The smallest absolute Gasteiger partial charge is 0.294 e. The van der Waals surface area contributed by atoms with E-state index in [4.69, 9.17) is 18.9 Å². The van der Waals surface area contributed by atoms with Crippen LogP contribution in [0.15, 0.2) is 5.16 Å². The molecule has 8 nitrogen and oxygen atoms in total. The molecule has 1 spiro atoms. The Morgan fingerprint density at radius 1 is 1.48 bits per heavy atom. The van der Waals surface area contributed by atoms with Crippen LogP contribution < -0.4 is 4.74 Å². The van der Waals surface area contributed by atoms with Crippen molar-refractivity contribution in [3.63, 3.8) is 0 Å². The molecule has 0 bridgehead atoms. The molecule has 0 radical (unpaired) electrons. The fourth-order valence-corrected chi connectivity index (χ4v) is 3.51. The fourth-order valence-electron chi connectivity index (χ4n) is 2.27. The summed E-state index contributed by atoms with van der Waals surface area (Å²) in [5, 5.41) is 0.701. The lowest BCUT2D eigenvalue weighted by atomic mass is 10.1. The average Bonchev–Trinajstić information content (AvgIpc) is 3.13. The second-order valence-electron chi connectivity index (χ2n) is 5.49. The number of hydrogen-bond acceptors (Lipinski definition) is 9. The Bertz CT molecular complexity index is 547. The molecule has 2 aliphatic heterocycles. The third-order valence-electron chi connectivity index (χ3n) is 3.49. The summed E-state index contributed by atoms with van der Waals surface area (Å²) in [4.78, 5) is 17.2. The number of nitrogens with zero attached hydrogens (tertiary/aromatic N) is 3. The van der Waals surface area contributed by atoms with E-state index in [-0.39, 0.29) is 11.3 Å². The van der Waals surface area contributed by atoms with Crippen LogP contribution in [0, 0.1) is 0 Å². The van der Waals surface area contributed by atoms with Gasteiger partial charge in [-0.25, -0.2) is 0 Å². The van der Waals surface area contributed by atoms with Crippen molar-refractivity contribution >= 4 is 28.5 Å². The standard InChI is InChI=1S/C13H19N3O5S2/c1-16(2)12(17)22-10-14-11(23-15-10)19-7-9-8-20-13(21-9)3-5-18-6-4-13/h9H,3-8H2,1-2H3. The van der Waals surface area contributed by atoms with Gasteiger partial charge in [0.2, 0.25) is 5.16 Å². The first-order valence-corrected chi connectivity index (χ1v) is 8.90. The third-order valence-corrected chi connectivity index (χ3v) is 5.14. The number of thioether (sulfide) groups is 1. The number of amides is 1. The molecule has 1 unspecified atom stereocenters. The van der Waals surface area contributed by atoms with Crippen LogP contribution in [0.2, 0.25) is 0 Å². The Hall–Kier alpha value is -0.940. The van der Waals surface area contributed by atoms with Gasteiger partial charge in [-0.15, -0.1) is 0 Å². The molecule has 10 heteroatoms. The highest BCUT2D eigenvalue weighted by atomic mass is 32.2. The molecule has 0 aliphatic carbocycles. The van der Waals surface area contributed by atoms with Gasteiger partial charge in [-0.1, -0.05) is 0 Å². The molecule has 1 aromatic heterocycles. The van der Waals surface area contributed by atoms with Gasteiger partial charge in [0.1, 0.15) is 12.7 Å². The maximum atomic E-state index is 11.6. The Morgan fingerprint density at radius 3 is 3.00 bits per heavy atom. The van der Waals surface area contributed by atoms with Crippen LogP contribution in [0.5, 0.6) is 5.19 Å². The van der Waals surface area contributed by atoms with E-state index in [1.807, 2.05) is 0 Å². The van der Waals surface area contributed by atoms with Gasteiger partial charge in [-0.3, -0.25) is 4.79 Å². The number of ether oxygens (including phenoxy) is 4. The lowest BCUT2D eigenvalue weighted by Crippen LogP contribution is -2.38. The van der Waals surface area contributed by atoms with Crippen LogP contribution in [0.3, 0.4) is 0 Å². The molecule has 1 amide bonds. The summed E-state index contributed by atoms with van der Waals surface area (Å²) in [5.41, 5.74) is 0. The van der Waals surface area contributed by atoms with Gasteiger partial charge in [0.25, 0.3) is 10.4 Å². The summed E-state index contributed by atoms with van der Waals surface area (Å²) in [6.45, 7) is 2.16. The van der Waals surface area contributed by atoms with Crippen molar-refractivity contribution in [2.45, 2.75) is 29.9 Å². The average molecular weight is 361 g/mol. The number of hydrogen-bond donors (Lipinski definition) is 0. The molecule has 2 saturated heterocycles. The minimum absolute atomic E-state index is 0.122. The highest BCUT2D eigenvalue weighted by Gasteiger charge is 2.43. The zero-order valence-corrected chi connectivity index (χ0v) is 14.7. The second-order valence-corrected chi connectivity index (χ2v) is 7.12. The SMILES string of the molecule is CN(C)C(=O)Sc1nsc(OCC2COC3(CCOCC3)O2)n1. The molecule has 128 valence electrons. The zero-order valence-electron chi connectivity index (χ0n) is 13.0. The quantitative estimate of drug-likeness (QED) is 0.748. The molecule has 0 aromatic carbocycles. The van der Waals surface area contributed by atoms with Crippen molar-refractivity contribution in [1.29, 1.82) is 0 Å². The van der Waals surface area contributed by atoms with Gasteiger partial charge >= 0.3 is 0 Å². The van der Waals surface area contributed by atoms with Crippen molar-refractivity contribution in [3.05, 3.63) is 0 Å². The molecule has 3 heterocycles. The van der Waals surface area contributed by atoms with Crippen LogP contribution in [0.1, 0.15) is 12.8 Å². The third kappa shape index (κ3) is 4.32. The topological polar surface area (TPSA) is 83.0 Å². The summed E-state index contributed by atoms with van der Waals surface area (Å²) in [5.74, 6) is -0.507. The highest BCUT2D eigenvalue weighted by Crippen LogP contribution is 2.33. The molecule has 2 fully saturated rings. The van der Waals surface area contributed by atoms with E-state index in [2.05, 4.69) is 9.36 Å².